The number of hydrogen-bond acceptors (Lipinski definition) is 7. The summed E-state index contributed by atoms with van der Waals surface area (Å²) < 4.78 is 10.5. The van der Waals surface area contributed by atoms with Gasteiger partial charge in [-0.15, -0.1) is 0 Å². The maximum absolute atomic E-state index is 10.00. The summed E-state index contributed by atoms with van der Waals surface area (Å²) in [6.07, 6.45) is 2.45. The molecule has 29 heavy (non-hydrogen) atoms. The number of phenolic OH excluding ortho intramolecular Hbond substituents is 1. The van der Waals surface area contributed by atoms with Crippen LogP contribution in [0.5, 0.6) is 17.2 Å². The number of aromatic hydroxyl groups is 1. The number of aliphatic carboxylic acids is 2. The van der Waals surface area contributed by atoms with Crippen LogP contribution in [0.4, 0.5) is 0 Å². The number of carboxylic acids is 2. The van der Waals surface area contributed by atoms with Gasteiger partial charge >= 0.3 is 11.9 Å². The Kier molecular flexibility index (Phi) is 10.3. The molecule has 0 spiro atoms. The summed E-state index contributed by atoms with van der Waals surface area (Å²) in [5, 5.41) is 24.8. The normalized spacial score (nSPS) is 14.8. The van der Waals surface area contributed by atoms with E-state index in [1.165, 1.54) is 12.8 Å². The van der Waals surface area contributed by atoms with Gasteiger partial charge < -0.3 is 24.8 Å². The van der Waals surface area contributed by atoms with Gasteiger partial charge in [-0.3, -0.25) is 9.80 Å². The highest BCUT2D eigenvalue weighted by Crippen LogP contribution is 2.37. The van der Waals surface area contributed by atoms with Gasteiger partial charge in [-0.1, -0.05) is 13.8 Å². The number of benzene rings is 1. The Balaban J connectivity index is 0.000000612. The van der Waals surface area contributed by atoms with Crippen molar-refractivity contribution >= 4 is 11.9 Å². The Hall–Kier alpha value is -2.52. The van der Waals surface area contributed by atoms with Gasteiger partial charge in [-0.2, -0.15) is 0 Å². The second kappa shape index (κ2) is 12.1. The zero-order valence-electron chi connectivity index (χ0n) is 17.6. The summed E-state index contributed by atoms with van der Waals surface area (Å²) >= 11 is 0. The summed E-state index contributed by atoms with van der Waals surface area (Å²) in [5.41, 5.74) is 1.10. The lowest BCUT2D eigenvalue weighted by atomic mass is 10.1. The van der Waals surface area contributed by atoms with Gasteiger partial charge in [0.05, 0.1) is 14.2 Å². The molecule has 0 amide bonds. The van der Waals surface area contributed by atoms with Crippen LogP contribution < -0.4 is 9.47 Å². The smallest absolute Gasteiger partial charge is 0.414 e. The SMILES string of the molecule is CCC(CC)N1CCN(Cc2cc(OC)c(O)c(OC)c2)CC1.O=C(O)C(=O)O. The fourth-order valence-corrected chi connectivity index (χ4v) is 3.39. The number of methoxy groups -OCH3 is 2. The van der Waals surface area contributed by atoms with Gasteiger partial charge in [-0.05, 0) is 30.5 Å². The molecule has 0 unspecified atom stereocenters. The summed E-state index contributed by atoms with van der Waals surface area (Å²) in [4.78, 5) is 23.3. The third-order valence-electron chi connectivity index (χ3n) is 4.99. The van der Waals surface area contributed by atoms with Crippen LogP contribution in [0.25, 0.3) is 0 Å². The summed E-state index contributed by atoms with van der Waals surface area (Å²) in [6.45, 7) is 9.79. The molecule has 9 heteroatoms. The Bertz CT molecular complexity index is 632. The van der Waals surface area contributed by atoms with Crippen molar-refractivity contribution in [3.8, 4) is 17.2 Å². The first-order chi connectivity index (χ1) is 13.8. The van der Waals surface area contributed by atoms with Crippen LogP contribution in [0.3, 0.4) is 0 Å². The molecule has 1 aliphatic heterocycles. The van der Waals surface area contributed by atoms with E-state index in [1.54, 1.807) is 14.2 Å². The van der Waals surface area contributed by atoms with E-state index in [9.17, 15) is 5.11 Å². The molecule has 1 aliphatic rings. The van der Waals surface area contributed by atoms with Crippen LogP contribution in [0.2, 0.25) is 0 Å². The maximum Gasteiger partial charge on any atom is 0.414 e. The second-order valence-corrected chi connectivity index (χ2v) is 6.74. The molecule has 1 saturated heterocycles. The molecule has 1 fully saturated rings. The highest BCUT2D eigenvalue weighted by Gasteiger charge is 2.22. The zero-order valence-corrected chi connectivity index (χ0v) is 17.6. The van der Waals surface area contributed by atoms with Gasteiger partial charge in [0.1, 0.15) is 0 Å². The molecular weight excluding hydrogens is 380 g/mol. The first-order valence-corrected chi connectivity index (χ1v) is 9.63. The molecule has 164 valence electrons. The van der Waals surface area contributed by atoms with Crippen LogP contribution >= 0.6 is 0 Å². The van der Waals surface area contributed by atoms with E-state index in [0.29, 0.717) is 17.5 Å². The third-order valence-corrected chi connectivity index (χ3v) is 4.99. The fraction of sp³-hybridized carbons (Fsp3) is 0.600. The minimum Gasteiger partial charge on any atom is -0.502 e. The van der Waals surface area contributed by atoms with Gasteiger partial charge in [0.2, 0.25) is 5.75 Å². The Morgan fingerprint density at radius 1 is 0.966 bits per heavy atom. The molecule has 1 aromatic rings. The molecule has 0 aliphatic carbocycles. The van der Waals surface area contributed by atoms with E-state index < -0.39 is 11.9 Å². The number of piperazine rings is 1. The number of carboxylic acid groups (broad SMARTS) is 2. The van der Waals surface area contributed by atoms with E-state index in [2.05, 4.69) is 23.6 Å². The maximum atomic E-state index is 10.00. The number of nitrogens with zero attached hydrogens (tertiary/aromatic N) is 2. The monoisotopic (exact) mass is 412 g/mol. The largest absolute Gasteiger partial charge is 0.502 e. The van der Waals surface area contributed by atoms with Crippen molar-refractivity contribution in [2.24, 2.45) is 0 Å². The molecule has 9 nitrogen and oxygen atoms in total. The van der Waals surface area contributed by atoms with Gasteiger partial charge in [0, 0.05) is 38.8 Å². The highest BCUT2D eigenvalue weighted by molar-refractivity contribution is 6.27. The van der Waals surface area contributed by atoms with Gasteiger partial charge in [0.25, 0.3) is 0 Å². The molecule has 0 atom stereocenters. The predicted octanol–water partition coefficient (Wildman–Crippen LogP) is 1.87. The van der Waals surface area contributed by atoms with Gasteiger partial charge in [-0.25, -0.2) is 9.59 Å². The first-order valence-electron chi connectivity index (χ1n) is 9.63. The molecule has 1 heterocycles. The Morgan fingerprint density at radius 2 is 1.41 bits per heavy atom. The fourth-order valence-electron chi connectivity index (χ4n) is 3.39. The van der Waals surface area contributed by atoms with Crippen molar-refractivity contribution in [1.82, 2.24) is 9.80 Å². The topological polar surface area (TPSA) is 120 Å². The minimum atomic E-state index is -1.82. The molecule has 2 rings (SSSR count). The number of phenols is 1. The summed E-state index contributed by atoms with van der Waals surface area (Å²) in [7, 11) is 3.12. The lowest BCUT2D eigenvalue weighted by Gasteiger charge is -2.39. The molecule has 0 saturated carbocycles. The van der Waals surface area contributed by atoms with Crippen molar-refractivity contribution in [1.29, 1.82) is 0 Å². The number of carbonyl (C=O) groups is 2. The molecule has 3 N–H and O–H groups in total. The van der Waals surface area contributed by atoms with Crippen LogP contribution in [0, 0.1) is 0 Å². The predicted molar refractivity (Wildman–Crippen MR) is 108 cm³/mol. The van der Waals surface area contributed by atoms with Gasteiger partial charge in [0.15, 0.2) is 11.5 Å². The van der Waals surface area contributed by atoms with Crippen molar-refractivity contribution < 1.29 is 34.4 Å². The zero-order chi connectivity index (χ0) is 22.0. The quantitative estimate of drug-likeness (QED) is 0.576. The second-order valence-electron chi connectivity index (χ2n) is 6.74. The third kappa shape index (κ3) is 7.43. The van der Waals surface area contributed by atoms with E-state index in [0.717, 1.165) is 38.3 Å². The highest BCUT2D eigenvalue weighted by atomic mass is 16.5. The van der Waals surface area contributed by atoms with Crippen LogP contribution in [0.15, 0.2) is 12.1 Å². The molecule has 0 radical (unpaired) electrons. The molecular formula is C20H32N2O7. The van der Waals surface area contributed by atoms with E-state index >= 15 is 0 Å². The average molecular weight is 412 g/mol. The lowest BCUT2D eigenvalue weighted by Crippen LogP contribution is -2.49. The molecule has 0 aromatic heterocycles. The minimum absolute atomic E-state index is 0.0669. The number of ether oxygens (including phenoxy) is 2. The number of rotatable bonds is 7. The molecule has 1 aromatic carbocycles. The van der Waals surface area contributed by atoms with Crippen LogP contribution in [-0.4, -0.2) is 83.5 Å². The number of hydrogen-bond donors (Lipinski definition) is 3. The summed E-state index contributed by atoms with van der Waals surface area (Å²) in [6, 6.07) is 4.50. The lowest BCUT2D eigenvalue weighted by molar-refractivity contribution is -0.159. The van der Waals surface area contributed by atoms with Crippen molar-refractivity contribution in [3.05, 3.63) is 17.7 Å². The van der Waals surface area contributed by atoms with E-state index in [4.69, 9.17) is 29.3 Å². The Labute approximate surface area is 171 Å². The average Bonchev–Trinajstić information content (AvgIpc) is 2.71. The van der Waals surface area contributed by atoms with Crippen molar-refractivity contribution in [3.63, 3.8) is 0 Å². The molecule has 0 bridgehead atoms. The van der Waals surface area contributed by atoms with E-state index in [-0.39, 0.29) is 5.75 Å². The summed E-state index contributed by atoms with van der Waals surface area (Å²) in [5.74, 6) is -2.65. The van der Waals surface area contributed by atoms with Crippen molar-refractivity contribution in [2.75, 3.05) is 40.4 Å². The standard InChI is InChI=1S/C18H30N2O3.C2H2O4/c1-5-15(6-2)20-9-7-19(8-10-20)13-14-11-16(22-3)18(21)17(12-14)23-4;3-1(4)2(5)6/h11-12,15,21H,5-10,13H2,1-4H3;(H,3,4)(H,5,6). The van der Waals surface area contributed by atoms with Crippen LogP contribution in [-0.2, 0) is 16.1 Å². The van der Waals surface area contributed by atoms with E-state index in [1.807, 2.05) is 12.1 Å². The van der Waals surface area contributed by atoms with Crippen molar-refractivity contribution in [2.45, 2.75) is 39.3 Å². The Morgan fingerprint density at radius 3 is 1.76 bits per heavy atom. The first kappa shape index (κ1) is 24.5. The van der Waals surface area contributed by atoms with Crippen LogP contribution in [0.1, 0.15) is 32.3 Å².